The predicted molar refractivity (Wildman–Crippen MR) is 75.8 cm³/mol. The molecule has 1 amide bonds. The van der Waals surface area contributed by atoms with E-state index in [1.807, 2.05) is 0 Å². The van der Waals surface area contributed by atoms with Crippen LogP contribution in [0.2, 0.25) is 0 Å². The van der Waals surface area contributed by atoms with E-state index in [-0.39, 0.29) is 18.0 Å². The molecule has 22 heavy (non-hydrogen) atoms. The Labute approximate surface area is 126 Å². The monoisotopic (exact) mass is 316 g/mol. The third-order valence-electron chi connectivity index (χ3n) is 3.71. The lowest BCUT2D eigenvalue weighted by Crippen LogP contribution is -2.39. The van der Waals surface area contributed by atoms with Crippen LogP contribution in [-0.2, 0) is 0 Å². The molecule has 0 spiro atoms. The van der Waals surface area contributed by atoms with Gasteiger partial charge in [-0.3, -0.25) is 9.59 Å². The number of pyridine rings is 1. The molecule has 1 aliphatic rings. The number of nitrogens with zero attached hydrogens (tertiary/aromatic N) is 1. The van der Waals surface area contributed by atoms with E-state index in [0.29, 0.717) is 11.3 Å². The van der Waals surface area contributed by atoms with Crippen molar-refractivity contribution in [1.82, 2.24) is 9.88 Å². The van der Waals surface area contributed by atoms with Gasteiger partial charge in [0, 0.05) is 18.8 Å². The Morgan fingerprint density at radius 2 is 2.00 bits per heavy atom. The summed E-state index contributed by atoms with van der Waals surface area (Å²) >= 11 is 0. The van der Waals surface area contributed by atoms with Crippen molar-refractivity contribution in [2.75, 3.05) is 13.1 Å². The number of rotatable bonds is 5. The molecule has 7 heteroatoms. The van der Waals surface area contributed by atoms with Gasteiger partial charge in [0.25, 0.3) is 11.5 Å². The van der Waals surface area contributed by atoms with E-state index in [1.165, 1.54) is 0 Å². The second kappa shape index (κ2) is 6.14. The zero-order valence-corrected chi connectivity index (χ0v) is 12.6. The second-order valence-corrected chi connectivity index (χ2v) is 5.90. The lowest BCUT2D eigenvalue weighted by Gasteiger charge is -2.23. The highest BCUT2D eigenvalue weighted by Gasteiger charge is 2.33. The van der Waals surface area contributed by atoms with E-state index < -0.39 is 30.6 Å². The smallest absolute Gasteiger partial charge is 0.338 e. The van der Waals surface area contributed by atoms with Crippen LogP contribution < -0.4 is 5.56 Å². The van der Waals surface area contributed by atoms with E-state index in [1.54, 1.807) is 19.9 Å². The molecule has 0 bridgehead atoms. The minimum atomic E-state index is -4.32. The van der Waals surface area contributed by atoms with Gasteiger partial charge in [0.2, 0.25) is 0 Å². The summed E-state index contributed by atoms with van der Waals surface area (Å²) in [6.45, 7) is 3.18. The van der Waals surface area contributed by atoms with Crippen molar-refractivity contribution < 1.29 is 18.0 Å². The molecular formula is C15H19F3N2O2. The zero-order valence-electron chi connectivity index (χ0n) is 12.6. The van der Waals surface area contributed by atoms with Crippen LogP contribution in [0.15, 0.2) is 10.9 Å². The van der Waals surface area contributed by atoms with Gasteiger partial charge in [0.15, 0.2) is 0 Å². The number of halogens is 3. The second-order valence-electron chi connectivity index (χ2n) is 5.90. The third kappa shape index (κ3) is 4.35. The number of hydrogen-bond donors (Lipinski definition) is 1. The minimum Gasteiger partial charge on any atom is -0.338 e. The topological polar surface area (TPSA) is 53.2 Å². The van der Waals surface area contributed by atoms with Gasteiger partial charge in [0.1, 0.15) is 5.56 Å². The first-order valence-electron chi connectivity index (χ1n) is 7.24. The Balaban J connectivity index is 2.22. The quantitative estimate of drug-likeness (QED) is 0.908. The van der Waals surface area contributed by atoms with Crippen LogP contribution in [0, 0.1) is 19.8 Å². The molecular weight excluding hydrogens is 297 g/mol. The van der Waals surface area contributed by atoms with Crippen molar-refractivity contribution in [2.45, 2.75) is 39.3 Å². The van der Waals surface area contributed by atoms with Crippen LogP contribution in [0.3, 0.4) is 0 Å². The highest BCUT2D eigenvalue weighted by atomic mass is 19.4. The number of H-pyrrole nitrogens is 1. The molecule has 0 atom stereocenters. The normalized spacial score (nSPS) is 15.0. The molecule has 1 heterocycles. The fourth-order valence-corrected chi connectivity index (χ4v) is 2.43. The first kappa shape index (κ1) is 16.6. The number of aryl methyl sites for hydroxylation is 2. The molecule has 122 valence electrons. The first-order valence-corrected chi connectivity index (χ1v) is 7.24. The number of alkyl halides is 3. The molecule has 0 aliphatic heterocycles. The Morgan fingerprint density at radius 3 is 2.50 bits per heavy atom. The number of nitrogens with one attached hydrogen (secondary N) is 1. The molecule has 1 fully saturated rings. The number of carbonyl (C=O) groups is 1. The highest BCUT2D eigenvalue weighted by molar-refractivity contribution is 5.95. The molecule has 0 aromatic carbocycles. The Kier molecular flexibility index (Phi) is 4.63. The maximum atomic E-state index is 12.5. The van der Waals surface area contributed by atoms with Crippen LogP contribution in [0.1, 0.15) is 40.9 Å². The average Bonchev–Trinajstić information content (AvgIpc) is 3.15. The molecule has 0 saturated heterocycles. The lowest BCUT2D eigenvalue weighted by atomic mass is 10.1. The number of aromatic nitrogens is 1. The predicted octanol–water partition coefficient (Wildman–Crippen LogP) is 2.80. The number of hydrogen-bond acceptors (Lipinski definition) is 2. The van der Waals surface area contributed by atoms with Crippen LogP contribution in [0.4, 0.5) is 13.2 Å². The summed E-state index contributed by atoms with van der Waals surface area (Å²) in [6, 6.07) is 1.65. The van der Waals surface area contributed by atoms with E-state index in [2.05, 4.69) is 4.98 Å². The summed E-state index contributed by atoms with van der Waals surface area (Å²) in [4.78, 5) is 28.2. The van der Waals surface area contributed by atoms with Crippen LogP contribution in [0.5, 0.6) is 0 Å². The summed E-state index contributed by atoms with van der Waals surface area (Å²) in [7, 11) is 0. The molecule has 1 aliphatic carbocycles. The van der Waals surface area contributed by atoms with Crippen LogP contribution >= 0.6 is 0 Å². The maximum absolute atomic E-state index is 12.5. The standard InChI is InChI=1S/C15H19F3N2O2/c1-9-7-10(2)19-13(21)12(9)14(22)20(8-11-3-4-11)6-5-15(16,17)18/h7,11H,3-6,8H2,1-2H3,(H,19,21). The average molecular weight is 316 g/mol. The van der Waals surface area contributed by atoms with Crippen molar-refractivity contribution in [3.8, 4) is 0 Å². The first-order chi connectivity index (χ1) is 10.2. The Morgan fingerprint density at radius 1 is 1.36 bits per heavy atom. The van der Waals surface area contributed by atoms with E-state index in [4.69, 9.17) is 0 Å². The maximum Gasteiger partial charge on any atom is 0.390 e. The van der Waals surface area contributed by atoms with Gasteiger partial charge in [-0.1, -0.05) is 0 Å². The summed E-state index contributed by atoms with van der Waals surface area (Å²) in [5.41, 5.74) is 0.492. The van der Waals surface area contributed by atoms with Gasteiger partial charge in [-0.05, 0) is 44.2 Å². The number of aromatic amines is 1. The molecule has 1 saturated carbocycles. The molecule has 4 nitrogen and oxygen atoms in total. The number of amides is 1. The minimum absolute atomic E-state index is 0.0616. The Bertz CT molecular complexity index is 618. The van der Waals surface area contributed by atoms with E-state index in [0.717, 1.165) is 17.7 Å². The summed E-state index contributed by atoms with van der Waals surface area (Å²) in [5, 5.41) is 0. The van der Waals surface area contributed by atoms with Crippen molar-refractivity contribution in [3.63, 3.8) is 0 Å². The van der Waals surface area contributed by atoms with Gasteiger partial charge >= 0.3 is 6.18 Å². The SMILES string of the molecule is Cc1cc(C)c(C(=O)N(CCC(F)(F)F)CC2CC2)c(=O)[nH]1. The van der Waals surface area contributed by atoms with Gasteiger partial charge in [0.05, 0.1) is 6.42 Å². The highest BCUT2D eigenvalue weighted by Crippen LogP contribution is 2.31. The van der Waals surface area contributed by atoms with Gasteiger partial charge in [-0.15, -0.1) is 0 Å². The van der Waals surface area contributed by atoms with Gasteiger partial charge in [-0.25, -0.2) is 0 Å². The molecule has 0 radical (unpaired) electrons. The molecule has 2 rings (SSSR count). The van der Waals surface area contributed by atoms with Crippen LogP contribution in [0.25, 0.3) is 0 Å². The fourth-order valence-electron chi connectivity index (χ4n) is 2.43. The summed E-state index contributed by atoms with van der Waals surface area (Å²) in [5.74, 6) is -0.364. The molecule has 1 aromatic heterocycles. The largest absolute Gasteiger partial charge is 0.390 e. The van der Waals surface area contributed by atoms with Crippen molar-refractivity contribution in [1.29, 1.82) is 0 Å². The van der Waals surface area contributed by atoms with Crippen molar-refractivity contribution >= 4 is 5.91 Å². The summed E-state index contributed by atoms with van der Waals surface area (Å²) in [6.07, 6.45) is -3.55. The third-order valence-corrected chi connectivity index (χ3v) is 3.71. The number of carbonyl (C=O) groups excluding carboxylic acids is 1. The molecule has 0 unspecified atom stereocenters. The van der Waals surface area contributed by atoms with Crippen molar-refractivity contribution in [3.05, 3.63) is 33.2 Å². The molecule has 1 N–H and O–H groups in total. The van der Waals surface area contributed by atoms with E-state index >= 15 is 0 Å². The molecule has 1 aromatic rings. The zero-order chi connectivity index (χ0) is 16.5. The van der Waals surface area contributed by atoms with Crippen molar-refractivity contribution in [2.24, 2.45) is 5.92 Å². The van der Waals surface area contributed by atoms with E-state index in [9.17, 15) is 22.8 Å². The van der Waals surface area contributed by atoms with Gasteiger partial charge in [-0.2, -0.15) is 13.2 Å². The fraction of sp³-hybridized carbons (Fsp3) is 0.600. The van der Waals surface area contributed by atoms with Gasteiger partial charge < -0.3 is 9.88 Å². The Hall–Kier alpha value is -1.79. The lowest BCUT2D eigenvalue weighted by molar-refractivity contribution is -0.136. The summed E-state index contributed by atoms with van der Waals surface area (Å²) < 4.78 is 37.3. The van der Waals surface area contributed by atoms with Crippen LogP contribution in [-0.4, -0.2) is 35.1 Å².